The zero-order valence-electron chi connectivity index (χ0n) is 12.5. The van der Waals surface area contributed by atoms with Gasteiger partial charge in [0.1, 0.15) is 5.82 Å². The van der Waals surface area contributed by atoms with Gasteiger partial charge in [0.25, 0.3) is 0 Å². The van der Waals surface area contributed by atoms with Crippen molar-refractivity contribution in [3.63, 3.8) is 0 Å². The lowest BCUT2D eigenvalue weighted by Gasteiger charge is -2.24. The number of hydrogen-bond donors (Lipinski definition) is 1. The number of hydrogen-bond acceptors (Lipinski definition) is 3. The molecule has 0 aliphatic carbocycles. The highest BCUT2D eigenvalue weighted by Gasteiger charge is 2.29. The summed E-state index contributed by atoms with van der Waals surface area (Å²) in [5.41, 5.74) is 1.23. The summed E-state index contributed by atoms with van der Waals surface area (Å²) in [6.07, 6.45) is -1.08. The summed E-state index contributed by atoms with van der Waals surface area (Å²) in [6.45, 7) is 3.75. The molecule has 2 aromatic rings. The van der Waals surface area contributed by atoms with Crippen LogP contribution in [0.2, 0.25) is 5.02 Å². The van der Waals surface area contributed by atoms with Crippen molar-refractivity contribution in [2.45, 2.75) is 12.0 Å². The Hall–Kier alpha value is -2.17. The molecule has 0 saturated carbocycles. The van der Waals surface area contributed by atoms with Gasteiger partial charge in [-0.05, 0) is 35.4 Å². The van der Waals surface area contributed by atoms with Crippen LogP contribution in [0.4, 0.5) is 4.39 Å². The molecule has 2 rings (SSSR count). The molecular formula is C18H16ClFO3. The molecule has 120 valence electrons. The van der Waals surface area contributed by atoms with Crippen LogP contribution < -0.4 is 0 Å². The fourth-order valence-electron chi connectivity index (χ4n) is 2.35. The Bertz CT molecular complexity index is 695. The molecule has 0 fully saturated rings. The fourth-order valence-corrected chi connectivity index (χ4v) is 2.48. The highest BCUT2D eigenvalue weighted by molar-refractivity contribution is 6.30. The zero-order valence-corrected chi connectivity index (χ0v) is 13.3. The van der Waals surface area contributed by atoms with Gasteiger partial charge in [0.05, 0.1) is 13.2 Å². The number of ether oxygens (including phenoxy) is 1. The lowest BCUT2D eigenvalue weighted by Crippen LogP contribution is -2.19. The van der Waals surface area contributed by atoms with E-state index in [1.807, 2.05) is 0 Å². The van der Waals surface area contributed by atoms with Crippen molar-refractivity contribution in [1.82, 2.24) is 0 Å². The molecular weight excluding hydrogens is 319 g/mol. The summed E-state index contributed by atoms with van der Waals surface area (Å²) in [5.74, 6) is -1.76. The van der Waals surface area contributed by atoms with Gasteiger partial charge in [-0.25, -0.2) is 9.18 Å². The summed E-state index contributed by atoms with van der Waals surface area (Å²) >= 11 is 5.88. The number of carbonyl (C=O) groups is 1. The minimum absolute atomic E-state index is 0.103. The number of benzene rings is 2. The maximum absolute atomic E-state index is 13.1. The van der Waals surface area contributed by atoms with Gasteiger partial charge in [-0.1, -0.05) is 42.4 Å². The van der Waals surface area contributed by atoms with Crippen LogP contribution >= 0.6 is 11.6 Å². The number of aliphatic hydroxyl groups excluding tert-OH is 1. The number of methoxy groups -OCH3 is 1. The van der Waals surface area contributed by atoms with Crippen molar-refractivity contribution in [3.8, 4) is 0 Å². The number of esters is 1. The molecule has 1 N–H and O–H groups in total. The minimum atomic E-state index is -1.08. The van der Waals surface area contributed by atoms with Crippen LogP contribution in [0, 0.1) is 5.82 Å². The molecule has 0 aliphatic heterocycles. The number of rotatable bonds is 5. The molecule has 3 nitrogen and oxygen atoms in total. The zero-order chi connectivity index (χ0) is 17.0. The first-order valence-electron chi connectivity index (χ1n) is 6.90. The Kier molecular flexibility index (Phi) is 5.53. The monoisotopic (exact) mass is 334 g/mol. The van der Waals surface area contributed by atoms with Gasteiger partial charge >= 0.3 is 5.97 Å². The van der Waals surface area contributed by atoms with Crippen molar-refractivity contribution in [3.05, 3.63) is 82.6 Å². The van der Waals surface area contributed by atoms with E-state index in [0.29, 0.717) is 16.1 Å². The first-order chi connectivity index (χ1) is 10.9. The van der Waals surface area contributed by atoms with E-state index in [2.05, 4.69) is 6.58 Å². The first kappa shape index (κ1) is 17.2. The lowest BCUT2D eigenvalue weighted by molar-refractivity contribution is -0.136. The summed E-state index contributed by atoms with van der Waals surface area (Å²) in [4.78, 5) is 11.9. The molecule has 0 heterocycles. The minimum Gasteiger partial charge on any atom is -0.466 e. The molecule has 0 aromatic heterocycles. The topological polar surface area (TPSA) is 46.5 Å². The normalized spacial score (nSPS) is 13.2. The highest BCUT2D eigenvalue weighted by Crippen LogP contribution is 2.37. The first-order valence-corrected chi connectivity index (χ1v) is 7.28. The third-order valence-corrected chi connectivity index (χ3v) is 3.83. The lowest BCUT2D eigenvalue weighted by atomic mass is 9.84. The van der Waals surface area contributed by atoms with Crippen LogP contribution in [0.1, 0.15) is 23.1 Å². The summed E-state index contributed by atoms with van der Waals surface area (Å²) in [7, 11) is 1.25. The molecule has 0 bridgehead atoms. The Morgan fingerprint density at radius 3 is 2.17 bits per heavy atom. The summed E-state index contributed by atoms with van der Waals surface area (Å²) in [6, 6.07) is 12.1. The van der Waals surface area contributed by atoms with Gasteiger partial charge in [-0.3, -0.25) is 0 Å². The average Bonchev–Trinajstić information content (AvgIpc) is 2.56. The fraction of sp³-hybridized carbons (Fsp3) is 0.167. The number of aliphatic hydroxyl groups is 1. The molecule has 0 spiro atoms. The van der Waals surface area contributed by atoms with Gasteiger partial charge in [0, 0.05) is 16.5 Å². The quantitative estimate of drug-likeness (QED) is 0.663. The molecule has 2 unspecified atom stereocenters. The van der Waals surface area contributed by atoms with Crippen molar-refractivity contribution in [1.29, 1.82) is 0 Å². The van der Waals surface area contributed by atoms with Gasteiger partial charge in [0.2, 0.25) is 0 Å². The van der Waals surface area contributed by atoms with E-state index in [1.165, 1.54) is 31.4 Å². The Balaban J connectivity index is 2.43. The summed E-state index contributed by atoms with van der Waals surface area (Å²) in [5, 5.41) is 11.2. The summed E-state index contributed by atoms with van der Waals surface area (Å²) < 4.78 is 17.8. The molecule has 0 saturated heterocycles. The highest BCUT2D eigenvalue weighted by atomic mass is 35.5. The van der Waals surface area contributed by atoms with Crippen LogP contribution in [0.5, 0.6) is 0 Å². The van der Waals surface area contributed by atoms with Gasteiger partial charge in [-0.2, -0.15) is 0 Å². The van der Waals surface area contributed by atoms with E-state index in [-0.39, 0.29) is 5.57 Å². The van der Waals surface area contributed by atoms with Gasteiger partial charge in [0.15, 0.2) is 0 Å². The van der Waals surface area contributed by atoms with Crippen molar-refractivity contribution in [2.75, 3.05) is 7.11 Å². The standard InChI is InChI=1S/C18H16ClFO3/c1-11(18(22)23-2)16(12-3-7-14(19)8-4-12)17(21)13-5-9-15(20)10-6-13/h3-10,16-17,21H,1H2,2H3. The third kappa shape index (κ3) is 3.97. The van der Waals surface area contributed by atoms with Crippen molar-refractivity contribution in [2.24, 2.45) is 0 Å². The predicted molar refractivity (Wildman–Crippen MR) is 86.7 cm³/mol. The third-order valence-electron chi connectivity index (χ3n) is 3.58. The maximum Gasteiger partial charge on any atom is 0.333 e. The second kappa shape index (κ2) is 7.40. The van der Waals surface area contributed by atoms with Crippen LogP contribution in [0.25, 0.3) is 0 Å². The smallest absolute Gasteiger partial charge is 0.333 e. The second-order valence-electron chi connectivity index (χ2n) is 5.04. The molecule has 5 heteroatoms. The molecule has 2 atom stereocenters. The van der Waals surface area contributed by atoms with E-state index in [9.17, 15) is 14.3 Å². The Morgan fingerprint density at radius 2 is 1.65 bits per heavy atom. The molecule has 23 heavy (non-hydrogen) atoms. The van der Waals surface area contributed by atoms with Crippen LogP contribution in [-0.2, 0) is 9.53 Å². The Labute approximate surface area is 139 Å². The van der Waals surface area contributed by atoms with E-state index in [4.69, 9.17) is 16.3 Å². The van der Waals surface area contributed by atoms with Gasteiger partial charge < -0.3 is 9.84 Å². The maximum atomic E-state index is 13.1. The SMILES string of the molecule is C=C(C(=O)OC)C(c1ccc(Cl)cc1)C(O)c1ccc(F)cc1. The van der Waals surface area contributed by atoms with E-state index >= 15 is 0 Å². The molecule has 0 radical (unpaired) electrons. The van der Waals surface area contributed by atoms with E-state index in [1.54, 1.807) is 24.3 Å². The largest absolute Gasteiger partial charge is 0.466 e. The average molecular weight is 335 g/mol. The number of carbonyl (C=O) groups excluding carboxylic acids is 1. The second-order valence-corrected chi connectivity index (χ2v) is 5.48. The van der Waals surface area contributed by atoms with Crippen LogP contribution in [0.15, 0.2) is 60.7 Å². The predicted octanol–water partition coefficient (Wildman–Crippen LogP) is 4.03. The van der Waals surface area contributed by atoms with Crippen molar-refractivity contribution >= 4 is 17.6 Å². The van der Waals surface area contributed by atoms with Crippen LogP contribution in [-0.4, -0.2) is 18.2 Å². The van der Waals surface area contributed by atoms with Crippen LogP contribution in [0.3, 0.4) is 0 Å². The molecule has 0 amide bonds. The van der Waals surface area contributed by atoms with E-state index < -0.39 is 23.8 Å². The van der Waals surface area contributed by atoms with Gasteiger partial charge in [-0.15, -0.1) is 0 Å². The Morgan fingerprint density at radius 1 is 1.13 bits per heavy atom. The van der Waals surface area contributed by atoms with Crippen molar-refractivity contribution < 1.29 is 19.0 Å². The molecule has 0 aliphatic rings. The number of halogens is 2. The van der Waals surface area contributed by atoms with E-state index in [0.717, 1.165) is 0 Å². The molecule has 2 aromatic carbocycles.